The molecule has 0 atom stereocenters. The lowest BCUT2D eigenvalue weighted by Crippen LogP contribution is -2.18. The van der Waals surface area contributed by atoms with Crippen LogP contribution < -0.4 is 4.83 Å². The van der Waals surface area contributed by atoms with Gasteiger partial charge in [0.25, 0.3) is 15.7 Å². The second kappa shape index (κ2) is 7.33. The maximum atomic E-state index is 13.0. The predicted molar refractivity (Wildman–Crippen MR) is 95.0 cm³/mol. The summed E-state index contributed by atoms with van der Waals surface area (Å²) in [6.45, 7) is 0. The summed E-state index contributed by atoms with van der Waals surface area (Å²) in [6.07, 6.45) is 2.67. The normalized spacial score (nSPS) is 11.6. The van der Waals surface area contributed by atoms with Gasteiger partial charge in [0.2, 0.25) is 0 Å². The van der Waals surface area contributed by atoms with Crippen molar-refractivity contribution in [2.45, 2.75) is 4.90 Å². The first-order valence-corrected chi connectivity index (χ1v) is 8.94. The molecule has 2 N–H and O–H groups in total. The number of hydrogen-bond acceptors (Lipinski definition) is 6. The van der Waals surface area contributed by atoms with Crippen LogP contribution in [0.15, 0.2) is 64.7 Å². The fraction of sp³-hybridized carbons (Fsp3) is 0. The maximum absolute atomic E-state index is 13.0. The number of aromatic nitrogens is 2. The summed E-state index contributed by atoms with van der Waals surface area (Å²) in [6, 6.07) is 10.0. The van der Waals surface area contributed by atoms with Crippen LogP contribution in [0.3, 0.4) is 0 Å². The molecule has 2 aromatic carbocycles. The quantitative estimate of drug-likeness (QED) is 0.380. The Morgan fingerprint density at radius 2 is 1.81 bits per heavy atom. The van der Waals surface area contributed by atoms with Crippen LogP contribution in [0.4, 0.5) is 10.1 Å². The molecule has 0 radical (unpaired) electrons. The summed E-state index contributed by atoms with van der Waals surface area (Å²) in [4.78, 5) is 11.8. The van der Waals surface area contributed by atoms with Crippen molar-refractivity contribution < 1.29 is 17.7 Å². The van der Waals surface area contributed by atoms with Crippen molar-refractivity contribution in [3.63, 3.8) is 0 Å². The van der Waals surface area contributed by atoms with Gasteiger partial charge < -0.3 is 0 Å². The first kappa shape index (κ1) is 18.2. The van der Waals surface area contributed by atoms with Crippen molar-refractivity contribution in [2.75, 3.05) is 0 Å². The van der Waals surface area contributed by atoms with Gasteiger partial charge in [-0.25, -0.2) is 9.22 Å². The first-order chi connectivity index (χ1) is 12.9. The predicted octanol–water partition coefficient (Wildman–Crippen LogP) is 2.44. The van der Waals surface area contributed by atoms with E-state index in [0.717, 1.165) is 24.3 Å². The van der Waals surface area contributed by atoms with E-state index in [4.69, 9.17) is 0 Å². The second-order valence-corrected chi connectivity index (χ2v) is 6.97. The minimum atomic E-state index is -3.99. The SMILES string of the molecule is O=[N+]([O-])c1ccc(S(=O)(=O)N/N=C\c2cn[nH]c2-c2ccc(F)cc2)cc1. The van der Waals surface area contributed by atoms with Crippen molar-refractivity contribution in [1.82, 2.24) is 15.0 Å². The smallest absolute Gasteiger partial charge is 0.276 e. The van der Waals surface area contributed by atoms with Gasteiger partial charge in [0, 0.05) is 23.3 Å². The van der Waals surface area contributed by atoms with Gasteiger partial charge in [-0.2, -0.15) is 18.6 Å². The minimum absolute atomic E-state index is 0.170. The Labute approximate surface area is 152 Å². The number of non-ortho nitro benzene ring substituents is 1. The molecule has 0 bridgehead atoms. The molecular weight excluding hydrogens is 377 g/mol. The van der Waals surface area contributed by atoms with E-state index in [1.165, 1.54) is 24.5 Å². The molecule has 9 nitrogen and oxygen atoms in total. The van der Waals surface area contributed by atoms with Crippen molar-refractivity contribution in [1.29, 1.82) is 0 Å². The van der Waals surface area contributed by atoms with Crippen molar-refractivity contribution >= 4 is 21.9 Å². The Morgan fingerprint density at radius 1 is 1.15 bits per heavy atom. The highest BCUT2D eigenvalue weighted by Crippen LogP contribution is 2.20. The van der Waals surface area contributed by atoms with Gasteiger partial charge in [-0.1, -0.05) is 0 Å². The van der Waals surface area contributed by atoms with Crippen LogP contribution in [0.1, 0.15) is 5.56 Å². The summed E-state index contributed by atoms with van der Waals surface area (Å²) in [7, 11) is -3.99. The number of H-pyrrole nitrogens is 1. The zero-order chi connectivity index (χ0) is 19.4. The second-order valence-electron chi connectivity index (χ2n) is 5.31. The van der Waals surface area contributed by atoms with Crippen LogP contribution in [-0.2, 0) is 10.0 Å². The maximum Gasteiger partial charge on any atom is 0.276 e. The number of aromatic amines is 1. The lowest BCUT2D eigenvalue weighted by atomic mass is 10.1. The van der Waals surface area contributed by atoms with Gasteiger partial charge in [0.1, 0.15) is 5.82 Å². The zero-order valence-corrected chi connectivity index (χ0v) is 14.4. The molecule has 0 saturated carbocycles. The number of hydrogen-bond donors (Lipinski definition) is 2. The van der Waals surface area contributed by atoms with E-state index in [2.05, 4.69) is 15.3 Å². The third-order valence-electron chi connectivity index (χ3n) is 3.54. The van der Waals surface area contributed by atoms with Crippen LogP contribution in [0, 0.1) is 15.9 Å². The Morgan fingerprint density at radius 3 is 2.44 bits per heavy atom. The lowest BCUT2D eigenvalue weighted by Gasteiger charge is -2.03. The van der Waals surface area contributed by atoms with Crippen LogP contribution in [0.25, 0.3) is 11.3 Å². The van der Waals surface area contributed by atoms with Gasteiger partial charge in [-0.15, -0.1) is 0 Å². The molecular formula is C16H12FN5O4S. The topological polar surface area (TPSA) is 130 Å². The molecule has 0 saturated heterocycles. The zero-order valence-electron chi connectivity index (χ0n) is 13.5. The molecule has 1 heterocycles. The van der Waals surface area contributed by atoms with E-state index in [1.54, 1.807) is 12.1 Å². The fourth-order valence-corrected chi connectivity index (χ4v) is 3.00. The van der Waals surface area contributed by atoms with Crippen molar-refractivity contribution in [2.24, 2.45) is 5.10 Å². The fourth-order valence-electron chi connectivity index (χ4n) is 2.21. The van der Waals surface area contributed by atoms with E-state index in [1.807, 2.05) is 4.83 Å². The van der Waals surface area contributed by atoms with Crippen molar-refractivity contribution in [3.05, 3.63) is 76.2 Å². The van der Waals surface area contributed by atoms with Gasteiger partial charge in [-0.05, 0) is 36.4 Å². The summed E-state index contributed by atoms with van der Waals surface area (Å²) in [5.74, 6) is -0.385. The highest BCUT2D eigenvalue weighted by Gasteiger charge is 2.15. The molecule has 27 heavy (non-hydrogen) atoms. The Hall–Kier alpha value is -3.60. The highest BCUT2D eigenvalue weighted by molar-refractivity contribution is 7.89. The molecule has 0 aliphatic carbocycles. The van der Waals surface area contributed by atoms with Crippen LogP contribution >= 0.6 is 0 Å². The summed E-state index contributed by atoms with van der Waals surface area (Å²) in [5, 5.41) is 20.9. The standard InChI is InChI=1S/C16H12FN5O4S/c17-13-3-1-11(2-4-13)16-12(9-18-20-16)10-19-21-27(25,26)15-7-5-14(6-8-15)22(23)24/h1-10,21H,(H,18,20)/b19-10-. The molecule has 0 unspecified atom stereocenters. The van der Waals surface area contributed by atoms with Gasteiger partial charge in [0.05, 0.1) is 27.9 Å². The molecule has 0 fully saturated rings. The summed E-state index contributed by atoms with van der Waals surface area (Å²) in [5.41, 5.74) is 1.44. The van der Waals surface area contributed by atoms with E-state index in [0.29, 0.717) is 16.8 Å². The van der Waals surface area contributed by atoms with Gasteiger partial charge in [-0.3, -0.25) is 15.2 Å². The third-order valence-corrected chi connectivity index (χ3v) is 4.77. The Bertz CT molecular complexity index is 1090. The molecule has 0 aliphatic heterocycles. The Balaban J connectivity index is 1.76. The number of hydrazone groups is 1. The largest absolute Gasteiger partial charge is 0.277 e. The first-order valence-electron chi connectivity index (χ1n) is 7.45. The number of sulfonamides is 1. The molecule has 138 valence electrons. The van der Waals surface area contributed by atoms with Crippen molar-refractivity contribution in [3.8, 4) is 11.3 Å². The average molecular weight is 389 g/mol. The highest BCUT2D eigenvalue weighted by atomic mass is 32.2. The number of nitro groups is 1. The van der Waals surface area contributed by atoms with Crippen LogP contribution in [-0.4, -0.2) is 29.8 Å². The van der Waals surface area contributed by atoms with Gasteiger partial charge >= 0.3 is 0 Å². The number of nitro benzene ring substituents is 1. The van der Waals surface area contributed by atoms with Crippen LogP contribution in [0.5, 0.6) is 0 Å². The van der Waals surface area contributed by atoms with Crippen LogP contribution in [0.2, 0.25) is 0 Å². The molecule has 0 amide bonds. The number of rotatable bonds is 6. The molecule has 1 aromatic heterocycles. The Kier molecular flexibility index (Phi) is 4.94. The molecule has 0 aliphatic rings. The molecule has 3 rings (SSSR count). The van der Waals surface area contributed by atoms with E-state index < -0.39 is 14.9 Å². The van der Waals surface area contributed by atoms with E-state index in [9.17, 15) is 22.9 Å². The molecule has 11 heteroatoms. The molecule has 0 spiro atoms. The monoisotopic (exact) mass is 389 g/mol. The lowest BCUT2D eigenvalue weighted by molar-refractivity contribution is -0.384. The third kappa shape index (κ3) is 4.15. The minimum Gasteiger partial charge on any atom is -0.277 e. The average Bonchev–Trinajstić information content (AvgIpc) is 3.11. The number of benzene rings is 2. The number of nitrogens with zero attached hydrogens (tertiary/aromatic N) is 3. The number of nitrogens with one attached hydrogen (secondary N) is 2. The summed E-state index contributed by atoms with van der Waals surface area (Å²) >= 11 is 0. The van der Waals surface area contributed by atoms with Gasteiger partial charge in [0.15, 0.2) is 0 Å². The van der Waals surface area contributed by atoms with E-state index >= 15 is 0 Å². The molecule has 3 aromatic rings. The summed E-state index contributed by atoms with van der Waals surface area (Å²) < 4.78 is 37.4. The van der Waals surface area contributed by atoms with E-state index in [-0.39, 0.29) is 16.4 Å². The number of halogens is 1.